The number of guanidine groups is 1. The quantitative estimate of drug-likeness (QED) is 0.559. The van der Waals surface area contributed by atoms with E-state index in [1.54, 1.807) is 19.2 Å². The van der Waals surface area contributed by atoms with Gasteiger partial charge < -0.3 is 20.1 Å². The highest BCUT2D eigenvalue weighted by Gasteiger charge is 2.11. The van der Waals surface area contributed by atoms with Crippen LogP contribution < -0.4 is 20.1 Å². The van der Waals surface area contributed by atoms with Crippen molar-refractivity contribution in [2.45, 2.75) is 19.6 Å². The van der Waals surface area contributed by atoms with E-state index in [0.717, 1.165) is 6.42 Å². The van der Waals surface area contributed by atoms with E-state index >= 15 is 0 Å². The highest BCUT2D eigenvalue weighted by atomic mass is 19.3. The van der Waals surface area contributed by atoms with E-state index in [1.807, 2.05) is 18.2 Å². The summed E-state index contributed by atoms with van der Waals surface area (Å²) in [7, 11) is 3.17. The Morgan fingerprint density at radius 1 is 1.12 bits per heavy atom. The summed E-state index contributed by atoms with van der Waals surface area (Å²) < 4.78 is 34.8. The third-order valence-corrected chi connectivity index (χ3v) is 3.70. The largest absolute Gasteiger partial charge is 0.497 e. The molecule has 140 valence electrons. The number of methoxy groups -OCH3 is 1. The zero-order valence-corrected chi connectivity index (χ0v) is 14.8. The number of hydrogen-bond donors (Lipinski definition) is 2. The van der Waals surface area contributed by atoms with Gasteiger partial charge in [0.2, 0.25) is 0 Å². The Hall–Kier alpha value is -2.83. The van der Waals surface area contributed by atoms with Crippen molar-refractivity contribution in [1.82, 2.24) is 10.6 Å². The Labute approximate surface area is 152 Å². The number of rotatable bonds is 8. The van der Waals surface area contributed by atoms with Crippen LogP contribution in [0.25, 0.3) is 0 Å². The van der Waals surface area contributed by atoms with Crippen LogP contribution in [0, 0.1) is 0 Å². The lowest BCUT2D eigenvalue weighted by Gasteiger charge is -2.15. The van der Waals surface area contributed by atoms with Gasteiger partial charge in [-0.05, 0) is 30.2 Å². The van der Waals surface area contributed by atoms with Gasteiger partial charge in [-0.1, -0.05) is 30.3 Å². The number of ether oxygens (including phenoxy) is 2. The number of alkyl halides is 2. The third-order valence-electron chi connectivity index (χ3n) is 3.70. The van der Waals surface area contributed by atoms with Gasteiger partial charge in [0, 0.05) is 25.7 Å². The maximum atomic E-state index is 12.6. The van der Waals surface area contributed by atoms with Crippen LogP contribution in [-0.4, -0.2) is 33.3 Å². The Morgan fingerprint density at radius 2 is 1.88 bits per heavy atom. The van der Waals surface area contributed by atoms with Gasteiger partial charge >= 0.3 is 6.61 Å². The highest BCUT2D eigenvalue weighted by molar-refractivity contribution is 5.79. The number of nitrogens with zero attached hydrogens (tertiary/aromatic N) is 1. The van der Waals surface area contributed by atoms with Crippen molar-refractivity contribution in [1.29, 1.82) is 0 Å². The normalized spacial score (nSPS) is 11.3. The highest BCUT2D eigenvalue weighted by Crippen LogP contribution is 2.25. The van der Waals surface area contributed by atoms with Crippen molar-refractivity contribution in [2.24, 2.45) is 4.99 Å². The Kier molecular flexibility index (Phi) is 7.67. The van der Waals surface area contributed by atoms with Crippen LogP contribution >= 0.6 is 0 Å². The summed E-state index contributed by atoms with van der Waals surface area (Å²) in [6, 6.07) is 14.8. The summed E-state index contributed by atoms with van der Waals surface area (Å²) in [5.41, 5.74) is 1.77. The second kappa shape index (κ2) is 10.2. The van der Waals surface area contributed by atoms with Crippen LogP contribution in [0.15, 0.2) is 53.5 Å². The van der Waals surface area contributed by atoms with Crippen LogP contribution in [0.1, 0.15) is 11.1 Å². The predicted octanol–water partition coefficient (Wildman–Crippen LogP) is 3.20. The molecule has 0 atom stereocenters. The lowest BCUT2D eigenvalue weighted by molar-refractivity contribution is -0.0504. The molecule has 26 heavy (non-hydrogen) atoms. The first kappa shape index (κ1) is 19.5. The fraction of sp³-hybridized carbons (Fsp3) is 0.316. The van der Waals surface area contributed by atoms with Crippen LogP contribution in [0.2, 0.25) is 0 Å². The lowest BCUT2D eigenvalue weighted by atomic mass is 10.1. The second-order valence-electron chi connectivity index (χ2n) is 5.44. The number of benzene rings is 2. The summed E-state index contributed by atoms with van der Waals surface area (Å²) in [4.78, 5) is 4.14. The van der Waals surface area contributed by atoms with Gasteiger partial charge in [0.1, 0.15) is 11.5 Å². The van der Waals surface area contributed by atoms with E-state index in [1.165, 1.54) is 18.7 Å². The van der Waals surface area contributed by atoms with Crippen molar-refractivity contribution in [3.8, 4) is 11.5 Å². The number of hydrogen-bond acceptors (Lipinski definition) is 3. The van der Waals surface area contributed by atoms with Gasteiger partial charge in [0.15, 0.2) is 5.96 Å². The maximum absolute atomic E-state index is 12.6. The van der Waals surface area contributed by atoms with Crippen LogP contribution in [0.4, 0.5) is 8.78 Å². The van der Waals surface area contributed by atoms with Gasteiger partial charge in [-0.15, -0.1) is 0 Å². The Morgan fingerprint density at radius 3 is 2.54 bits per heavy atom. The predicted molar refractivity (Wildman–Crippen MR) is 98.0 cm³/mol. The third kappa shape index (κ3) is 6.23. The smallest absolute Gasteiger partial charge is 0.387 e. The molecule has 0 bridgehead atoms. The summed E-state index contributed by atoms with van der Waals surface area (Å²) in [5, 5.41) is 6.29. The second-order valence-corrected chi connectivity index (χ2v) is 5.44. The molecule has 0 radical (unpaired) electrons. The average molecular weight is 363 g/mol. The number of nitrogens with one attached hydrogen (secondary N) is 2. The molecule has 7 heteroatoms. The van der Waals surface area contributed by atoms with E-state index in [2.05, 4.69) is 32.5 Å². The van der Waals surface area contributed by atoms with Crippen molar-refractivity contribution in [3.05, 3.63) is 59.7 Å². The molecule has 0 unspecified atom stereocenters. The van der Waals surface area contributed by atoms with E-state index in [-0.39, 0.29) is 12.3 Å². The number of aliphatic imine (C=N–C) groups is 1. The molecule has 0 saturated carbocycles. The van der Waals surface area contributed by atoms with Crippen molar-refractivity contribution < 1.29 is 18.3 Å². The molecule has 0 aliphatic carbocycles. The Bertz CT molecular complexity index is 709. The number of halogens is 2. The summed E-state index contributed by atoms with van der Waals surface area (Å²) in [5.74, 6) is 1.25. The van der Waals surface area contributed by atoms with Crippen molar-refractivity contribution >= 4 is 5.96 Å². The minimum atomic E-state index is -2.88. The lowest BCUT2D eigenvalue weighted by Crippen LogP contribution is -2.38. The van der Waals surface area contributed by atoms with Crippen molar-refractivity contribution in [2.75, 3.05) is 20.7 Å². The Balaban J connectivity index is 1.92. The van der Waals surface area contributed by atoms with Gasteiger partial charge in [0.25, 0.3) is 0 Å². The molecule has 5 nitrogen and oxygen atoms in total. The molecule has 0 amide bonds. The molecular formula is C19H23F2N3O2. The van der Waals surface area contributed by atoms with Gasteiger partial charge in [-0.25, -0.2) is 0 Å². The molecule has 0 aliphatic heterocycles. The minimum Gasteiger partial charge on any atom is -0.497 e. The molecule has 0 spiro atoms. The molecule has 0 aromatic heterocycles. The first-order chi connectivity index (χ1) is 12.6. The molecule has 2 aromatic rings. The van der Waals surface area contributed by atoms with Crippen LogP contribution in [-0.2, 0) is 13.0 Å². The average Bonchev–Trinajstić information content (AvgIpc) is 2.65. The first-order valence-corrected chi connectivity index (χ1v) is 8.22. The SMILES string of the molecule is CN=C(NCCc1ccccc1)NCc1cc(OC)ccc1OC(F)F. The molecule has 2 rings (SSSR count). The van der Waals surface area contributed by atoms with E-state index in [0.29, 0.717) is 23.8 Å². The molecule has 0 heterocycles. The van der Waals surface area contributed by atoms with Gasteiger partial charge in [0.05, 0.1) is 7.11 Å². The zero-order chi connectivity index (χ0) is 18.8. The van der Waals surface area contributed by atoms with Crippen molar-refractivity contribution in [3.63, 3.8) is 0 Å². The first-order valence-electron chi connectivity index (χ1n) is 8.22. The molecule has 2 aromatic carbocycles. The van der Waals surface area contributed by atoms with E-state index < -0.39 is 6.61 Å². The fourth-order valence-electron chi connectivity index (χ4n) is 2.40. The maximum Gasteiger partial charge on any atom is 0.387 e. The molecule has 2 N–H and O–H groups in total. The molecule has 0 fully saturated rings. The summed E-state index contributed by atoms with van der Waals surface area (Å²) >= 11 is 0. The topological polar surface area (TPSA) is 54.9 Å². The summed E-state index contributed by atoms with van der Waals surface area (Å²) in [6.45, 7) is -1.92. The molecule has 0 aliphatic rings. The minimum absolute atomic E-state index is 0.105. The van der Waals surface area contributed by atoms with Crippen LogP contribution in [0.3, 0.4) is 0 Å². The van der Waals surface area contributed by atoms with E-state index in [9.17, 15) is 8.78 Å². The van der Waals surface area contributed by atoms with Gasteiger partial charge in [-0.3, -0.25) is 4.99 Å². The molecular weight excluding hydrogens is 340 g/mol. The fourth-order valence-corrected chi connectivity index (χ4v) is 2.40. The van der Waals surface area contributed by atoms with Crippen LogP contribution in [0.5, 0.6) is 11.5 Å². The van der Waals surface area contributed by atoms with E-state index in [4.69, 9.17) is 4.74 Å². The standard InChI is InChI=1S/C19H23F2N3O2/c1-22-19(23-11-10-14-6-4-3-5-7-14)24-13-15-12-16(25-2)8-9-17(15)26-18(20)21/h3-9,12,18H,10-11,13H2,1-2H3,(H2,22,23,24). The monoisotopic (exact) mass is 363 g/mol. The zero-order valence-electron chi connectivity index (χ0n) is 14.8. The van der Waals surface area contributed by atoms with Gasteiger partial charge in [-0.2, -0.15) is 8.78 Å². The summed E-state index contributed by atoms with van der Waals surface area (Å²) in [6.07, 6.45) is 0.848. The molecule has 0 saturated heterocycles.